The minimum atomic E-state index is -0.887. The van der Waals surface area contributed by atoms with Crippen LogP contribution in [0.15, 0.2) is 0 Å². The van der Waals surface area contributed by atoms with Crippen molar-refractivity contribution in [2.45, 2.75) is 0 Å². The maximum atomic E-state index is 10.2. The summed E-state index contributed by atoms with van der Waals surface area (Å²) in [7, 11) is 0. The number of carbonyl (C=O) groups excluding carboxylic acids is 2. The number of ketones is 1. The van der Waals surface area contributed by atoms with Gasteiger partial charge < -0.3 is 3.83 Å². The van der Waals surface area contributed by atoms with Gasteiger partial charge in [-0.25, -0.2) is 4.79 Å². The van der Waals surface area contributed by atoms with Gasteiger partial charge in [-0.2, -0.15) is 0 Å². The largest absolute Gasteiger partial charge is 0.386 e. The zero-order chi connectivity index (χ0) is 6.57. The highest BCUT2D eigenvalue weighted by Crippen LogP contribution is 1.90. The molecule has 0 aliphatic carbocycles. The van der Waals surface area contributed by atoms with Gasteiger partial charge >= 0.3 is 5.97 Å². The lowest BCUT2D eigenvalue weighted by Crippen LogP contribution is -2.13. The number of carbonyl (C=O) groups is 2. The van der Waals surface area contributed by atoms with Crippen LogP contribution in [0.4, 0.5) is 0 Å². The average molecular weight is 246 g/mol. The lowest BCUT2D eigenvalue weighted by atomic mass is 10.5. The van der Waals surface area contributed by atoms with Crippen molar-refractivity contribution in [2.75, 3.05) is 5.33 Å². The first-order valence-electron chi connectivity index (χ1n) is 1.64. The van der Waals surface area contributed by atoms with E-state index in [-0.39, 0.29) is 5.33 Å². The highest BCUT2D eigenvalue weighted by Gasteiger charge is 2.11. The van der Waals surface area contributed by atoms with Crippen LogP contribution < -0.4 is 0 Å². The standard InChI is InChI=1S/C3H2Br2O3/c4-1-2(6)3(7)8-5/h1H2. The molecule has 0 bridgehead atoms. The van der Waals surface area contributed by atoms with Crippen molar-refractivity contribution in [3.8, 4) is 0 Å². The summed E-state index contributed by atoms with van der Waals surface area (Å²) in [6, 6.07) is 0. The molecule has 0 aromatic rings. The maximum absolute atomic E-state index is 10.2. The summed E-state index contributed by atoms with van der Waals surface area (Å²) in [6.07, 6.45) is 0. The summed E-state index contributed by atoms with van der Waals surface area (Å²) in [5.74, 6) is -1.50. The molecule has 0 amide bonds. The van der Waals surface area contributed by atoms with E-state index < -0.39 is 11.8 Å². The van der Waals surface area contributed by atoms with E-state index in [9.17, 15) is 9.59 Å². The first-order valence-corrected chi connectivity index (χ1v) is 3.41. The molecule has 0 saturated carbocycles. The topological polar surface area (TPSA) is 43.4 Å². The lowest BCUT2D eigenvalue weighted by molar-refractivity contribution is -0.144. The van der Waals surface area contributed by atoms with E-state index in [1.165, 1.54) is 0 Å². The predicted molar refractivity (Wildman–Crippen MR) is 33.8 cm³/mol. The van der Waals surface area contributed by atoms with Crippen LogP contribution in [0.1, 0.15) is 0 Å². The van der Waals surface area contributed by atoms with Gasteiger partial charge in [0.15, 0.2) is 16.3 Å². The summed E-state index contributed by atoms with van der Waals surface area (Å²) in [4.78, 5) is 20.3. The molecule has 46 valence electrons. The number of alkyl halides is 1. The maximum Gasteiger partial charge on any atom is 0.386 e. The molecule has 0 atom stereocenters. The second-order valence-electron chi connectivity index (χ2n) is 0.921. The third-order valence-corrected chi connectivity index (χ3v) is 1.22. The molecule has 0 N–H and O–H groups in total. The summed E-state index contributed by atoms with van der Waals surface area (Å²) >= 11 is 5.15. The van der Waals surface area contributed by atoms with E-state index >= 15 is 0 Å². The Labute approximate surface area is 63.0 Å². The molecule has 0 heterocycles. The van der Waals surface area contributed by atoms with Crippen LogP contribution in [-0.4, -0.2) is 17.1 Å². The molecule has 0 fully saturated rings. The van der Waals surface area contributed by atoms with Crippen LogP contribution >= 0.6 is 32.2 Å². The Morgan fingerprint density at radius 1 is 1.50 bits per heavy atom. The minimum absolute atomic E-state index is 0.00255. The molecule has 5 heteroatoms. The van der Waals surface area contributed by atoms with Gasteiger partial charge in [0.25, 0.3) is 5.78 Å². The number of hydrogen-bond acceptors (Lipinski definition) is 3. The van der Waals surface area contributed by atoms with E-state index in [0.29, 0.717) is 0 Å². The third-order valence-electron chi connectivity index (χ3n) is 0.419. The molecule has 0 spiro atoms. The van der Waals surface area contributed by atoms with Gasteiger partial charge in [-0.1, -0.05) is 15.9 Å². The Morgan fingerprint density at radius 2 is 2.00 bits per heavy atom. The normalized spacial score (nSPS) is 8.25. The Morgan fingerprint density at radius 3 is 2.12 bits per heavy atom. The molecule has 0 radical (unpaired) electrons. The van der Waals surface area contributed by atoms with Gasteiger partial charge in [-0.15, -0.1) is 0 Å². The van der Waals surface area contributed by atoms with Crippen molar-refractivity contribution in [1.82, 2.24) is 0 Å². The number of rotatable bonds is 2. The molecule has 0 aliphatic heterocycles. The van der Waals surface area contributed by atoms with Crippen LogP contribution in [0.5, 0.6) is 0 Å². The molecular formula is C3H2Br2O3. The fourth-order valence-electron chi connectivity index (χ4n) is 0.0976. The third kappa shape index (κ3) is 2.42. The lowest BCUT2D eigenvalue weighted by Gasteiger charge is -1.86. The van der Waals surface area contributed by atoms with Crippen LogP contribution in [0.2, 0.25) is 0 Å². The smallest absolute Gasteiger partial charge is 0.378 e. The van der Waals surface area contributed by atoms with Crippen LogP contribution in [0.3, 0.4) is 0 Å². The molecule has 0 aromatic heterocycles. The summed E-state index contributed by atoms with van der Waals surface area (Å²) in [5, 5.41) is -0.00255. The van der Waals surface area contributed by atoms with E-state index in [0.717, 1.165) is 0 Å². The number of hydrogen-bond donors (Lipinski definition) is 0. The molecule has 0 aromatic carbocycles. The molecule has 0 saturated heterocycles. The monoisotopic (exact) mass is 244 g/mol. The Hall–Kier alpha value is 0.1000. The van der Waals surface area contributed by atoms with E-state index in [2.05, 4.69) is 36.0 Å². The highest BCUT2D eigenvalue weighted by molar-refractivity contribution is 9.09. The predicted octanol–water partition coefficient (Wildman–Crippen LogP) is 0.804. The highest BCUT2D eigenvalue weighted by atomic mass is 79.9. The number of halogens is 2. The van der Waals surface area contributed by atoms with Gasteiger partial charge in [-0.05, 0) is 0 Å². The summed E-state index contributed by atoms with van der Waals surface area (Å²) in [5.41, 5.74) is 0. The summed E-state index contributed by atoms with van der Waals surface area (Å²) < 4.78 is 3.90. The molecule has 0 unspecified atom stereocenters. The quantitative estimate of drug-likeness (QED) is 0.534. The van der Waals surface area contributed by atoms with Crippen LogP contribution in [-0.2, 0) is 13.4 Å². The van der Waals surface area contributed by atoms with E-state index in [1.54, 1.807) is 0 Å². The average Bonchev–Trinajstić information content (AvgIpc) is 1.84. The van der Waals surface area contributed by atoms with Gasteiger partial charge in [0.05, 0.1) is 5.33 Å². The summed E-state index contributed by atoms with van der Waals surface area (Å²) in [6.45, 7) is 0. The second-order valence-corrected chi connectivity index (χ2v) is 1.81. The minimum Gasteiger partial charge on any atom is -0.378 e. The van der Waals surface area contributed by atoms with Crippen molar-refractivity contribution in [3.05, 3.63) is 0 Å². The first-order chi connectivity index (χ1) is 3.72. The van der Waals surface area contributed by atoms with E-state index in [4.69, 9.17) is 0 Å². The first kappa shape index (κ1) is 8.10. The Kier molecular flexibility index (Phi) is 4.08. The van der Waals surface area contributed by atoms with Crippen LogP contribution in [0.25, 0.3) is 0 Å². The van der Waals surface area contributed by atoms with Crippen molar-refractivity contribution >= 4 is 43.9 Å². The van der Waals surface area contributed by atoms with Crippen molar-refractivity contribution in [3.63, 3.8) is 0 Å². The molecule has 8 heavy (non-hydrogen) atoms. The van der Waals surface area contributed by atoms with E-state index in [1.807, 2.05) is 0 Å². The Balaban J connectivity index is 3.64. The molecule has 0 aliphatic rings. The fourth-order valence-corrected chi connectivity index (χ4v) is 0.507. The Bertz CT molecular complexity index is 97.1. The fraction of sp³-hybridized carbons (Fsp3) is 0.333. The van der Waals surface area contributed by atoms with Crippen molar-refractivity contribution < 1.29 is 13.4 Å². The molecule has 3 nitrogen and oxygen atoms in total. The van der Waals surface area contributed by atoms with Crippen molar-refractivity contribution in [2.24, 2.45) is 0 Å². The molecular weight excluding hydrogens is 244 g/mol. The van der Waals surface area contributed by atoms with Gasteiger partial charge in [0, 0.05) is 0 Å². The van der Waals surface area contributed by atoms with Gasteiger partial charge in [-0.3, -0.25) is 4.79 Å². The van der Waals surface area contributed by atoms with Gasteiger partial charge in [0.2, 0.25) is 0 Å². The van der Waals surface area contributed by atoms with Crippen molar-refractivity contribution in [1.29, 1.82) is 0 Å². The van der Waals surface area contributed by atoms with Gasteiger partial charge in [0.1, 0.15) is 0 Å². The van der Waals surface area contributed by atoms with Crippen LogP contribution in [0, 0.1) is 0 Å². The zero-order valence-electron chi connectivity index (χ0n) is 3.69. The second kappa shape index (κ2) is 4.03. The molecule has 0 rings (SSSR count). The zero-order valence-corrected chi connectivity index (χ0v) is 6.86. The number of Topliss-reactive ketones (excluding diaryl/α,β-unsaturated/α-hetero) is 1. The SMILES string of the molecule is O=C(CBr)C(=O)OBr.